The lowest BCUT2D eigenvalue weighted by atomic mass is 10.1. The number of aliphatic hydroxyl groups excluding tert-OH is 1. The van der Waals surface area contributed by atoms with E-state index in [1.165, 1.54) is 28.9 Å². The highest BCUT2D eigenvalue weighted by atomic mass is 19.4. The maximum Gasteiger partial charge on any atom is 0.573 e. The summed E-state index contributed by atoms with van der Waals surface area (Å²) < 4.78 is 42.9. The Morgan fingerprint density at radius 1 is 1.30 bits per heavy atom. The average Bonchev–Trinajstić information content (AvgIpc) is 3.16. The minimum Gasteiger partial charge on any atom is -0.406 e. The summed E-state index contributed by atoms with van der Waals surface area (Å²) in [6, 6.07) is 7.10. The standard InChI is InChI=1S/C22H22F3N5O3/c1-2-19(32)27-12-17-20-18(29-11-3-4-15(31)13-29)9-10-26-21(20)30(28-17)14-5-7-16(8-6-14)33-22(23,24)25/h2,5-10,15,31H,1,3-4,11-13H2,(H,27,32)/t15-/m0/s1. The molecule has 0 aliphatic carbocycles. The number of amides is 1. The van der Waals surface area contributed by atoms with E-state index in [1.54, 1.807) is 6.20 Å². The monoisotopic (exact) mass is 461 g/mol. The molecule has 33 heavy (non-hydrogen) atoms. The number of hydrogen-bond donors (Lipinski definition) is 2. The Morgan fingerprint density at radius 3 is 2.73 bits per heavy atom. The van der Waals surface area contributed by atoms with Crippen molar-refractivity contribution in [3.8, 4) is 11.4 Å². The topological polar surface area (TPSA) is 92.5 Å². The molecule has 0 bridgehead atoms. The summed E-state index contributed by atoms with van der Waals surface area (Å²) in [6.45, 7) is 4.73. The SMILES string of the molecule is C=CC(=O)NCc1nn(-c2ccc(OC(F)(F)F)cc2)c2nccc(N3CCC[C@H](O)C3)c12. The fourth-order valence-corrected chi connectivity index (χ4v) is 3.87. The fraction of sp³-hybridized carbons (Fsp3) is 0.318. The second kappa shape index (κ2) is 9.10. The Morgan fingerprint density at radius 2 is 2.06 bits per heavy atom. The summed E-state index contributed by atoms with van der Waals surface area (Å²) in [4.78, 5) is 18.2. The highest BCUT2D eigenvalue weighted by Gasteiger charge is 2.31. The van der Waals surface area contributed by atoms with E-state index < -0.39 is 12.5 Å². The van der Waals surface area contributed by atoms with Gasteiger partial charge >= 0.3 is 6.36 Å². The van der Waals surface area contributed by atoms with Crippen molar-refractivity contribution < 1.29 is 27.8 Å². The number of β-amino-alcohol motifs (C(OH)–C–C–N with tert-alkyl or cyclic N) is 1. The Balaban J connectivity index is 1.77. The molecule has 2 aromatic heterocycles. The van der Waals surface area contributed by atoms with Crippen molar-refractivity contribution in [1.29, 1.82) is 0 Å². The number of alkyl halides is 3. The zero-order chi connectivity index (χ0) is 23.6. The minimum absolute atomic E-state index is 0.0959. The summed E-state index contributed by atoms with van der Waals surface area (Å²) in [5.41, 5.74) is 2.28. The number of aliphatic hydroxyl groups is 1. The van der Waals surface area contributed by atoms with Crippen LogP contribution in [-0.2, 0) is 11.3 Å². The number of fused-ring (bicyclic) bond motifs is 1. The molecule has 3 aromatic rings. The molecule has 8 nitrogen and oxygen atoms in total. The molecule has 11 heteroatoms. The second-order valence-corrected chi connectivity index (χ2v) is 7.59. The smallest absolute Gasteiger partial charge is 0.406 e. The van der Waals surface area contributed by atoms with E-state index in [1.807, 2.05) is 11.0 Å². The quantitative estimate of drug-likeness (QED) is 0.548. The number of aromatic nitrogens is 3. The number of anilines is 1. The average molecular weight is 461 g/mol. The number of carbonyl (C=O) groups is 1. The van der Waals surface area contributed by atoms with Crippen molar-refractivity contribution in [3.63, 3.8) is 0 Å². The highest BCUT2D eigenvalue weighted by Crippen LogP contribution is 2.32. The van der Waals surface area contributed by atoms with Crippen molar-refractivity contribution in [2.75, 3.05) is 18.0 Å². The second-order valence-electron chi connectivity index (χ2n) is 7.59. The first-order chi connectivity index (χ1) is 15.7. The third-order valence-electron chi connectivity index (χ3n) is 5.29. The summed E-state index contributed by atoms with van der Waals surface area (Å²) >= 11 is 0. The molecule has 1 aliphatic rings. The van der Waals surface area contributed by atoms with E-state index in [0.717, 1.165) is 31.1 Å². The number of hydrogen-bond acceptors (Lipinski definition) is 6. The summed E-state index contributed by atoms with van der Waals surface area (Å²) in [6.07, 6.45) is -0.933. The van der Waals surface area contributed by atoms with Gasteiger partial charge in [-0.05, 0) is 49.2 Å². The maximum atomic E-state index is 12.5. The Labute approximate surface area is 187 Å². The molecule has 174 valence electrons. The van der Waals surface area contributed by atoms with Crippen LogP contribution >= 0.6 is 0 Å². The molecule has 2 N–H and O–H groups in total. The summed E-state index contributed by atoms with van der Waals surface area (Å²) in [5.74, 6) is -0.720. The maximum absolute atomic E-state index is 12.5. The lowest BCUT2D eigenvalue weighted by Crippen LogP contribution is -2.38. The number of nitrogens with zero attached hydrogens (tertiary/aromatic N) is 4. The van der Waals surface area contributed by atoms with Gasteiger partial charge in [0.1, 0.15) is 5.75 Å². The molecule has 1 aliphatic heterocycles. The molecule has 0 unspecified atom stereocenters. The molecule has 1 saturated heterocycles. The van der Waals surface area contributed by atoms with Gasteiger partial charge in [0, 0.05) is 19.3 Å². The van der Waals surface area contributed by atoms with E-state index in [2.05, 4.69) is 26.7 Å². The van der Waals surface area contributed by atoms with E-state index in [4.69, 9.17) is 0 Å². The zero-order valence-electron chi connectivity index (χ0n) is 17.5. The molecule has 0 spiro atoms. The molecule has 3 heterocycles. The first kappa shape index (κ1) is 22.6. The van der Waals surface area contributed by atoms with Crippen LogP contribution in [0.1, 0.15) is 18.5 Å². The molecule has 1 atom stereocenters. The van der Waals surface area contributed by atoms with Crippen molar-refractivity contribution in [1.82, 2.24) is 20.1 Å². The van der Waals surface area contributed by atoms with Crippen LogP contribution in [0.15, 0.2) is 49.2 Å². The number of nitrogens with one attached hydrogen (secondary N) is 1. The first-order valence-corrected chi connectivity index (χ1v) is 10.3. The van der Waals surface area contributed by atoms with Gasteiger partial charge in [-0.15, -0.1) is 13.2 Å². The van der Waals surface area contributed by atoms with Gasteiger partial charge in [0.05, 0.1) is 35.1 Å². The predicted molar refractivity (Wildman–Crippen MR) is 115 cm³/mol. The van der Waals surface area contributed by atoms with Gasteiger partial charge in [-0.3, -0.25) is 4.79 Å². The van der Waals surface area contributed by atoms with Gasteiger partial charge in [0.15, 0.2) is 5.65 Å². The Kier molecular flexibility index (Phi) is 6.23. The molecule has 0 radical (unpaired) electrons. The zero-order valence-corrected chi connectivity index (χ0v) is 17.5. The normalized spacial score (nSPS) is 16.6. The number of ether oxygens (including phenoxy) is 1. The first-order valence-electron chi connectivity index (χ1n) is 10.3. The van der Waals surface area contributed by atoms with Gasteiger partial charge < -0.3 is 20.1 Å². The van der Waals surface area contributed by atoms with Gasteiger partial charge in [0.25, 0.3) is 0 Å². The third-order valence-corrected chi connectivity index (χ3v) is 5.29. The minimum atomic E-state index is -4.79. The lowest BCUT2D eigenvalue weighted by Gasteiger charge is -2.32. The fourth-order valence-electron chi connectivity index (χ4n) is 3.87. The van der Waals surface area contributed by atoms with Crippen molar-refractivity contribution >= 4 is 22.6 Å². The van der Waals surface area contributed by atoms with Crippen LogP contribution in [0.2, 0.25) is 0 Å². The van der Waals surface area contributed by atoms with Crippen LogP contribution in [0.4, 0.5) is 18.9 Å². The van der Waals surface area contributed by atoms with Crippen molar-refractivity contribution in [2.45, 2.75) is 31.9 Å². The number of pyridine rings is 1. The third kappa shape index (κ3) is 5.08. The van der Waals surface area contributed by atoms with E-state index >= 15 is 0 Å². The molecule has 1 aromatic carbocycles. The molecular weight excluding hydrogens is 439 g/mol. The van der Waals surface area contributed by atoms with E-state index in [-0.39, 0.29) is 18.2 Å². The summed E-state index contributed by atoms with van der Waals surface area (Å²) in [5, 5.41) is 18.1. The number of benzene rings is 1. The van der Waals surface area contributed by atoms with E-state index in [0.29, 0.717) is 29.0 Å². The van der Waals surface area contributed by atoms with Crippen molar-refractivity contribution in [2.24, 2.45) is 0 Å². The molecule has 0 saturated carbocycles. The van der Waals surface area contributed by atoms with Crippen LogP contribution in [-0.4, -0.2) is 51.3 Å². The van der Waals surface area contributed by atoms with Gasteiger partial charge in [0.2, 0.25) is 5.91 Å². The largest absolute Gasteiger partial charge is 0.573 e. The van der Waals surface area contributed by atoms with Gasteiger partial charge in [-0.25, -0.2) is 9.67 Å². The van der Waals surface area contributed by atoms with Gasteiger partial charge in [-0.2, -0.15) is 5.10 Å². The number of halogens is 3. The molecular formula is C22H22F3N5O3. The Bertz CT molecular complexity index is 1160. The molecule has 4 rings (SSSR count). The summed E-state index contributed by atoms with van der Waals surface area (Å²) in [7, 11) is 0. The Hall–Kier alpha value is -3.60. The molecule has 1 amide bonds. The van der Waals surface area contributed by atoms with Crippen LogP contribution in [0.5, 0.6) is 5.75 Å². The predicted octanol–water partition coefficient (Wildman–Crippen LogP) is 3.08. The van der Waals surface area contributed by atoms with Crippen LogP contribution in [0.25, 0.3) is 16.7 Å². The number of carbonyl (C=O) groups excluding carboxylic acids is 1. The highest BCUT2D eigenvalue weighted by molar-refractivity contribution is 5.93. The number of piperidine rings is 1. The van der Waals surface area contributed by atoms with Crippen molar-refractivity contribution in [3.05, 3.63) is 54.9 Å². The number of rotatable bonds is 6. The van der Waals surface area contributed by atoms with Gasteiger partial charge in [-0.1, -0.05) is 6.58 Å². The molecule has 1 fully saturated rings. The van der Waals surface area contributed by atoms with Crippen LogP contribution in [0, 0.1) is 0 Å². The van der Waals surface area contributed by atoms with E-state index in [9.17, 15) is 23.1 Å². The van der Waals surface area contributed by atoms with Crippen LogP contribution < -0.4 is 15.0 Å². The van der Waals surface area contributed by atoms with Crippen LogP contribution in [0.3, 0.4) is 0 Å². The lowest BCUT2D eigenvalue weighted by molar-refractivity contribution is -0.274.